The third kappa shape index (κ3) is 4.12. The van der Waals surface area contributed by atoms with Crippen molar-refractivity contribution in [2.24, 2.45) is 0 Å². The number of amides is 1. The number of carbonyl (C=O) groups excluding carboxylic acids is 1. The van der Waals surface area contributed by atoms with Gasteiger partial charge in [0.15, 0.2) is 18.1 Å². The minimum Gasteiger partial charge on any atom is -0.490 e. The third-order valence-electron chi connectivity index (χ3n) is 4.75. The van der Waals surface area contributed by atoms with Gasteiger partial charge < -0.3 is 14.4 Å². The summed E-state index contributed by atoms with van der Waals surface area (Å²) in [5, 5.41) is 9.11. The fourth-order valence-electron chi connectivity index (χ4n) is 3.38. The average Bonchev–Trinajstić information content (AvgIpc) is 2.68. The van der Waals surface area contributed by atoms with Crippen LogP contribution in [0.15, 0.2) is 34.8 Å². The van der Waals surface area contributed by atoms with Crippen LogP contribution in [0.5, 0.6) is 11.5 Å². The van der Waals surface area contributed by atoms with Gasteiger partial charge >= 0.3 is 0 Å². The van der Waals surface area contributed by atoms with Gasteiger partial charge in [0, 0.05) is 12.6 Å². The highest BCUT2D eigenvalue weighted by Crippen LogP contribution is 2.37. The highest BCUT2D eigenvalue weighted by atomic mass is 79.9. The van der Waals surface area contributed by atoms with E-state index in [1.54, 1.807) is 23.1 Å². The number of halogens is 2. The number of nitriles is 1. The van der Waals surface area contributed by atoms with E-state index in [-0.39, 0.29) is 24.4 Å². The molecular weight excluding hydrogens is 427 g/mol. The molecule has 0 N–H and O–H groups in total. The largest absolute Gasteiger partial charge is 0.490 e. The van der Waals surface area contributed by atoms with Crippen LogP contribution in [0.1, 0.15) is 36.6 Å². The summed E-state index contributed by atoms with van der Waals surface area (Å²) in [7, 11) is 0. The summed E-state index contributed by atoms with van der Waals surface area (Å²) >= 11 is 3.37. The standard InChI is InChI=1S/C21H20BrFN2O3/c1-3-27-19-9-14(11-24)8-18(22)21(19)28-12-20(26)25-7-6-15-4-5-16(23)10-17(15)13(25)2/h4-5,8-10,13H,3,6-7,12H2,1-2H3. The molecule has 0 radical (unpaired) electrons. The number of fused-ring (bicyclic) bond motifs is 1. The highest BCUT2D eigenvalue weighted by molar-refractivity contribution is 9.10. The minimum absolute atomic E-state index is 0.181. The first-order valence-corrected chi connectivity index (χ1v) is 9.81. The molecule has 0 saturated heterocycles. The third-order valence-corrected chi connectivity index (χ3v) is 5.34. The van der Waals surface area contributed by atoms with Crippen molar-refractivity contribution < 1.29 is 18.7 Å². The summed E-state index contributed by atoms with van der Waals surface area (Å²) in [6, 6.07) is 9.74. The molecular formula is C21H20BrFN2O3. The molecule has 0 saturated carbocycles. The molecule has 0 bridgehead atoms. The monoisotopic (exact) mass is 446 g/mol. The van der Waals surface area contributed by atoms with Crippen LogP contribution in [-0.4, -0.2) is 30.6 Å². The minimum atomic E-state index is -0.306. The molecule has 146 valence electrons. The second-order valence-electron chi connectivity index (χ2n) is 6.48. The van der Waals surface area contributed by atoms with Gasteiger partial charge in [-0.05, 0) is 65.5 Å². The number of carbonyl (C=O) groups is 1. The summed E-state index contributed by atoms with van der Waals surface area (Å²) in [6.45, 7) is 4.48. The van der Waals surface area contributed by atoms with E-state index in [9.17, 15) is 9.18 Å². The zero-order valence-corrected chi connectivity index (χ0v) is 17.3. The van der Waals surface area contributed by atoms with Crippen molar-refractivity contribution in [3.8, 4) is 17.6 Å². The van der Waals surface area contributed by atoms with Crippen molar-refractivity contribution in [2.45, 2.75) is 26.3 Å². The number of rotatable bonds is 5. The van der Waals surface area contributed by atoms with Crippen molar-refractivity contribution in [1.29, 1.82) is 5.26 Å². The van der Waals surface area contributed by atoms with Gasteiger partial charge in [0.1, 0.15) is 5.82 Å². The maximum Gasteiger partial charge on any atom is 0.261 e. The molecule has 28 heavy (non-hydrogen) atoms. The maximum atomic E-state index is 13.6. The molecule has 2 aromatic carbocycles. The van der Waals surface area contributed by atoms with Crippen LogP contribution in [0.25, 0.3) is 0 Å². The molecule has 1 amide bonds. The van der Waals surface area contributed by atoms with Crippen molar-refractivity contribution in [3.05, 3.63) is 57.3 Å². The maximum absolute atomic E-state index is 13.6. The van der Waals surface area contributed by atoms with E-state index in [1.165, 1.54) is 12.1 Å². The van der Waals surface area contributed by atoms with E-state index in [2.05, 4.69) is 22.0 Å². The van der Waals surface area contributed by atoms with Gasteiger partial charge in [0.05, 0.1) is 28.8 Å². The normalized spacial score (nSPS) is 15.5. The van der Waals surface area contributed by atoms with Crippen LogP contribution in [-0.2, 0) is 11.2 Å². The van der Waals surface area contributed by atoms with Gasteiger partial charge in [-0.15, -0.1) is 0 Å². The lowest BCUT2D eigenvalue weighted by Gasteiger charge is -2.35. The number of hydrogen-bond donors (Lipinski definition) is 0. The Morgan fingerprint density at radius 1 is 1.36 bits per heavy atom. The van der Waals surface area contributed by atoms with Gasteiger partial charge in [-0.1, -0.05) is 6.07 Å². The zero-order chi connectivity index (χ0) is 20.3. The van der Waals surface area contributed by atoms with E-state index in [4.69, 9.17) is 14.7 Å². The Hall–Kier alpha value is -2.59. The van der Waals surface area contributed by atoms with Crippen molar-refractivity contribution >= 4 is 21.8 Å². The van der Waals surface area contributed by atoms with Crippen LogP contribution in [0.3, 0.4) is 0 Å². The lowest BCUT2D eigenvalue weighted by atomic mass is 9.93. The molecule has 0 aliphatic carbocycles. The molecule has 1 unspecified atom stereocenters. The SMILES string of the molecule is CCOc1cc(C#N)cc(Br)c1OCC(=O)N1CCc2ccc(F)cc2C1C. The van der Waals surface area contributed by atoms with Crippen molar-refractivity contribution in [3.63, 3.8) is 0 Å². The fourth-order valence-corrected chi connectivity index (χ4v) is 3.93. The summed E-state index contributed by atoms with van der Waals surface area (Å²) in [5.74, 6) is 0.283. The number of benzene rings is 2. The molecule has 5 nitrogen and oxygen atoms in total. The predicted octanol–water partition coefficient (Wildman–Crippen LogP) is 4.38. The van der Waals surface area contributed by atoms with Gasteiger partial charge in [-0.2, -0.15) is 5.26 Å². The molecule has 1 aliphatic heterocycles. The van der Waals surface area contributed by atoms with Crippen LogP contribution in [0.2, 0.25) is 0 Å². The molecule has 7 heteroatoms. The summed E-state index contributed by atoms with van der Waals surface area (Å²) < 4.78 is 25.5. The smallest absolute Gasteiger partial charge is 0.261 e. The van der Waals surface area contributed by atoms with Crippen LogP contribution in [0.4, 0.5) is 4.39 Å². The zero-order valence-electron chi connectivity index (χ0n) is 15.7. The Bertz CT molecular complexity index is 942. The van der Waals surface area contributed by atoms with Gasteiger partial charge in [-0.3, -0.25) is 4.79 Å². The highest BCUT2D eigenvalue weighted by Gasteiger charge is 2.28. The van der Waals surface area contributed by atoms with E-state index in [1.807, 2.05) is 13.8 Å². The van der Waals surface area contributed by atoms with Gasteiger partial charge in [-0.25, -0.2) is 4.39 Å². The Morgan fingerprint density at radius 2 is 2.14 bits per heavy atom. The summed E-state index contributed by atoms with van der Waals surface area (Å²) in [6.07, 6.45) is 0.677. The molecule has 2 aromatic rings. The van der Waals surface area contributed by atoms with E-state index >= 15 is 0 Å². The first-order valence-electron chi connectivity index (χ1n) is 9.01. The molecule has 0 spiro atoms. The summed E-state index contributed by atoms with van der Waals surface area (Å²) in [4.78, 5) is 14.5. The average molecular weight is 447 g/mol. The quantitative estimate of drug-likeness (QED) is 0.683. The number of ether oxygens (including phenoxy) is 2. The molecule has 1 atom stereocenters. The molecule has 1 aliphatic rings. The second-order valence-corrected chi connectivity index (χ2v) is 7.33. The predicted molar refractivity (Wildman–Crippen MR) is 106 cm³/mol. The van der Waals surface area contributed by atoms with Crippen molar-refractivity contribution in [2.75, 3.05) is 19.8 Å². The van der Waals surface area contributed by atoms with Gasteiger partial charge in [0.2, 0.25) is 0 Å². The lowest BCUT2D eigenvalue weighted by molar-refractivity contribution is -0.136. The van der Waals surface area contributed by atoms with E-state index < -0.39 is 0 Å². The fraction of sp³-hybridized carbons (Fsp3) is 0.333. The Labute approximate surface area is 171 Å². The first kappa shape index (κ1) is 20.2. The first-order chi connectivity index (χ1) is 13.4. The van der Waals surface area contributed by atoms with Crippen LogP contribution >= 0.6 is 15.9 Å². The Kier molecular flexibility index (Phi) is 6.20. The molecule has 1 heterocycles. The topological polar surface area (TPSA) is 62.6 Å². The molecule has 3 rings (SSSR count). The summed E-state index contributed by atoms with van der Waals surface area (Å²) in [5.41, 5.74) is 2.32. The number of hydrogen-bond acceptors (Lipinski definition) is 4. The van der Waals surface area contributed by atoms with Crippen molar-refractivity contribution in [1.82, 2.24) is 4.90 Å². The van der Waals surface area contributed by atoms with Crippen LogP contribution in [0, 0.1) is 17.1 Å². The van der Waals surface area contributed by atoms with Gasteiger partial charge in [0.25, 0.3) is 5.91 Å². The van der Waals surface area contributed by atoms with E-state index in [0.29, 0.717) is 41.1 Å². The Morgan fingerprint density at radius 3 is 2.86 bits per heavy atom. The Balaban J connectivity index is 1.75. The lowest BCUT2D eigenvalue weighted by Crippen LogP contribution is -2.41. The van der Waals surface area contributed by atoms with E-state index in [0.717, 1.165) is 11.1 Å². The second kappa shape index (κ2) is 8.61. The number of nitrogens with zero attached hydrogens (tertiary/aromatic N) is 2. The molecule has 0 fully saturated rings. The molecule has 0 aromatic heterocycles. The van der Waals surface area contributed by atoms with Crippen LogP contribution < -0.4 is 9.47 Å².